The van der Waals surface area contributed by atoms with Crippen molar-refractivity contribution in [3.05, 3.63) is 35.4 Å². The van der Waals surface area contributed by atoms with Gasteiger partial charge in [0, 0.05) is 18.0 Å². The number of halogens is 1. The van der Waals surface area contributed by atoms with Gasteiger partial charge in [-0.2, -0.15) is 0 Å². The SMILES string of the molecule is CNc1cc(Sc2ccccc2Cl)nc(SC)n1. The quantitative estimate of drug-likeness (QED) is 0.524. The van der Waals surface area contributed by atoms with Crippen LogP contribution in [0.15, 0.2) is 45.4 Å². The smallest absolute Gasteiger partial charge is 0.190 e. The number of thioether (sulfide) groups is 1. The number of rotatable bonds is 4. The number of hydrogen-bond acceptors (Lipinski definition) is 5. The van der Waals surface area contributed by atoms with E-state index in [2.05, 4.69) is 15.3 Å². The van der Waals surface area contributed by atoms with Gasteiger partial charge in [0.05, 0.1) is 5.02 Å². The molecule has 0 spiro atoms. The Balaban J connectivity index is 2.31. The Hall–Kier alpha value is -0.910. The lowest BCUT2D eigenvalue weighted by Gasteiger charge is -2.07. The van der Waals surface area contributed by atoms with E-state index in [9.17, 15) is 0 Å². The van der Waals surface area contributed by atoms with Crippen LogP contribution in [0.25, 0.3) is 0 Å². The number of benzene rings is 1. The van der Waals surface area contributed by atoms with Crippen LogP contribution in [0, 0.1) is 0 Å². The zero-order valence-corrected chi connectivity index (χ0v) is 12.4. The minimum absolute atomic E-state index is 0.734. The Bertz CT molecular complexity index is 526. The highest BCUT2D eigenvalue weighted by Crippen LogP contribution is 2.33. The van der Waals surface area contributed by atoms with Crippen molar-refractivity contribution < 1.29 is 0 Å². The van der Waals surface area contributed by atoms with Gasteiger partial charge in [0.2, 0.25) is 0 Å². The molecule has 0 atom stereocenters. The zero-order chi connectivity index (χ0) is 13.0. The van der Waals surface area contributed by atoms with Crippen molar-refractivity contribution in [2.24, 2.45) is 0 Å². The summed E-state index contributed by atoms with van der Waals surface area (Å²) in [5.74, 6) is 0.809. The summed E-state index contributed by atoms with van der Waals surface area (Å²) in [4.78, 5) is 9.77. The van der Waals surface area contributed by atoms with Gasteiger partial charge in [-0.1, -0.05) is 47.3 Å². The Morgan fingerprint density at radius 1 is 1.22 bits per heavy atom. The van der Waals surface area contributed by atoms with Crippen molar-refractivity contribution in [2.75, 3.05) is 18.6 Å². The summed E-state index contributed by atoms with van der Waals surface area (Å²) in [7, 11) is 1.84. The normalized spacial score (nSPS) is 10.4. The van der Waals surface area contributed by atoms with Crippen molar-refractivity contribution in [3.63, 3.8) is 0 Å². The summed E-state index contributed by atoms with van der Waals surface area (Å²) in [6, 6.07) is 9.64. The summed E-state index contributed by atoms with van der Waals surface area (Å²) >= 11 is 9.19. The molecular formula is C12H12ClN3S2. The van der Waals surface area contributed by atoms with E-state index in [4.69, 9.17) is 11.6 Å². The van der Waals surface area contributed by atoms with Crippen LogP contribution in [0.2, 0.25) is 5.02 Å². The number of hydrogen-bond donors (Lipinski definition) is 1. The van der Waals surface area contributed by atoms with Crippen LogP contribution in [-0.4, -0.2) is 23.3 Å². The number of nitrogens with one attached hydrogen (secondary N) is 1. The fraction of sp³-hybridized carbons (Fsp3) is 0.167. The van der Waals surface area contributed by atoms with Crippen molar-refractivity contribution >= 4 is 40.9 Å². The second-order valence-corrected chi connectivity index (χ2v) is 5.60. The molecular weight excluding hydrogens is 286 g/mol. The van der Waals surface area contributed by atoms with E-state index in [1.807, 2.05) is 43.6 Å². The summed E-state index contributed by atoms with van der Waals surface area (Å²) in [6.07, 6.45) is 1.96. The number of aromatic nitrogens is 2. The Morgan fingerprint density at radius 3 is 2.67 bits per heavy atom. The van der Waals surface area contributed by atoms with Crippen molar-refractivity contribution in [1.29, 1.82) is 0 Å². The summed E-state index contributed by atoms with van der Waals surface area (Å²) in [5, 5.41) is 5.39. The molecule has 0 saturated heterocycles. The van der Waals surface area contributed by atoms with Crippen LogP contribution >= 0.6 is 35.1 Å². The third-order valence-corrected chi connectivity index (χ3v) is 4.16. The van der Waals surface area contributed by atoms with Crippen LogP contribution in [0.4, 0.5) is 5.82 Å². The lowest BCUT2D eigenvalue weighted by molar-refractivity contribution is 0.897. The molecule has 0 aliphatic rings. The van der Waals surface area contributed by atoms with Crippen molar-refractivity contribution in [2.45, 2.75) is 15.1 Å². The van der Waals surface area contributed by atoms with Gasteiger partial charge >= 0.3 is 0 Å². The molecule has 1 aromatic carbocycles. The fourth-order valence-corrected chi connectivity index (χ4v) is 2.84. The van der Waals surface area contributed by atoms with Gasteiger partial charge in [0.1, 0.15) is 10.8 Å². The fourth-order valence-electron chi connectivity index (χ4n) is 1.32. The van der Waals surface area contributed by atoms with Crippen LogP contribution < -0.4 is 5.32 Å². The maximum Gasteiger partial charge on any atom is 0.190 e. The maximum absolute atomic E-state index is 6.14. The molecule has 0 aliphatic carbocycles. The van der Waals surface area contributed by atoms with Gasteiger partial charge < -0.3 is 5.32 Å². The third kappa shape index (κ3) is 3.31. The molecule has 2 rings (SSSR count). The van der Waals surface area contributed by atoms with Crippen LogP contribution in [0.1, 0.15) is 0 Å². The van der Waals surface area contributed by atoms with E-state index >= 15 is 0 Å². The molecule has 1 aromatic heterocycles. The van der Waals surface area contributed by atoms with Gasteiger partial charge in [-0.15, -0.1) is 0 Å². The van der Waals surface area contributed by atoms with Gasteiger partial charge in [-0.05, 0) is 18.4 Å². The first kappa shape index (κ1) is 13.5. The molecule has 0 unspecified atom stereocenters. The van der Waals surface area contributed by atoms with E-state index in [-0.39, 0.29) is 0 Å². The van der Waals surface area contributed by atoms with E-state index in [1.165, 1.54) is 23.5 Å². The van der Waals surface area contributed by atoms with E-state index < -0.39 is 0 Å². The first-order valence-corrected chi connectivity index (χ1v) is 7.68. The highest BCUT2D eigenvalue weighted by molar-refractivity contribution is 7.99. The standard InChI is InChI=1S/C12H12ClN3S2/c1-14-10-7-11(16-12(15-10)17-2)18-9-6-4-3-5-8(9)13/h3-7H,1-2H3,(H,14,15,16). The van der Waals surface area contributed by atoms with E-state index in [0.717, 1.165) is 25.9 Å². The lowest BCUT2D eigenvalue weighted by atomic mass is 10.4. The average molecular weight is 298 g/mol. The number of nitrogens with zero attached hydrogens (tertiary/aromatic N) is 2. The van der Waals surface area contributed by atoms with Crippen LogP contribution in [0.3, 0.4) is 0 Å². The Morgan fingerprint density at radius 2 is 2.00 bits per heavy atom. The first-order chi connectivity index (χ1) is 8.72. The van der Waals surface area contributed by atoms with Gasteiger partial charge in [0.15, 0.2) is 5.16 Å². The van der Waals surface area contributed by atoms with Gasteiger partial charge in [-0.25, -0.2) is 9.97 Å². The minimum atomic E-state index is 0.734. The van der Waals surface area contributed by atoms with E-state index in [1.54, 1.807) is 0 Å². The summed E-state index contributed by atoms with van der Waals surface area (Å²) in [6.45, 7) is 0. The molecule has 0 saturated carbocycles. The molecule has 0 bridgehead atoms. The maximum atomic E-state index is 6.14. The molecule has 0 aliphatic heterocycles. The summed E-state index contributed by atoms with van der Waals surface area (Å²) < 4.78 is 0. The molecule has 1 heterocycles. The second-order valence-electron chi connectivity index (χ2n) is 3.36. The topological polar surface area (TPSA) is 37.8 Å². The molecule has 0 amide bonds. The van der Waals surface area contributed by atoms with Gasteiger partial charge in [0.25, 0.3) is 0 Å². The van der Waals surface area contributed by atoms with Crippen molar-refractivity contribution in [1.82, 2.24) is 9.97 Å². The molecule has 6 heteroatoms. The highest BCUT2D eigenvalue weighted by atomic mass is 35.5. The van der Waals surface area contributed by atoms with Gasteiger partial charge in [-0.3, -0.25) is 0 Å². The summed E-state index contributed by atoms with van der Waals surface area (Å²) in [5.41, 5.74) is 0. The Labute approximate surface area is 120 Å². The molecule has 0 fully saturated rings. The average Bonchev–Trinajstić information content (AvgIpc) is 2.41. The molecule has 3 nitrogen and oxygen atoms in total. The van der Waals surface area contributed by atoms with Crippen LogP contribution in [0.5, 0.6) is 0 Å². The molecule has 0 radical (unpaired) electrons. The van der Waals surface area contributed by atoms with Crippen LogP contribution in [-0.2, 0) is 0 Å². The van der Waals surface area contributed by atoms with E-state index in [0.29, 0.717) is 0 Å². The number of anilines is 1. The molecule has 2 aromatic rings. The lowest BCUT2D eigenvalue weighted by Crippen LogP contribution is -1.96. The largest absolute Gasteiger partial charge is 0.373 e. The minimum Gasteiger partial charge on any atom is -0.373 e. The molecule has 1 N–H and O–H groups in total. The third-order valence-electron chi connectivity index (χ3n) is 2.17. The first-order valence-electron chi connectivity index (χ1n) is 5.26. The highest BCUT2D eigenvalue weighted by Gasteiger charge is 2.07. The zero-order valence-electron chi connectivity index (χ0n) is 9.98. The van der Waals surface area contributed by atoms with Crippen molar-refractivity contribution in [3.8, 4) is 0 Å². The monoisotopic (exact) mass is 297 g/mol. The predicted molar refractivity (Wildman–Crippen MR) is 78.9 cm³/mol. The predicted octanol–water partition coefficient (Wildman–Crippen LogP) is 4.04. The molecule has 94 valence electrons. The Kier molecular flexibility index (Phi) is 4.74. The molecule has 18 heavy (non-hydrogen) atoms. The second kappa shape index (κ2) is 6.31.